The number of piperidine rings is 1. The largest absolute Gasteiger partial charge is 0.493 e. The van der Waals surface area contributed by atoms with Gasteiger partial charge in [0.05, 0.1) is 6.61 Å². The monoisotopic (exact) mass is 517 g/mol. The Bertz CT molecular complexity index is 1040. The molecule has 2 fully saturated rings. The summed E-state index contributed by atoms with van der Waals surface area (Å²) in [5, 5.41) is 0.631. The Hall–Kier alpha value is -2.84. The number of likely N-dealkylation sites (tertiary alicyclic amines) is 1. The summed E-state index contributed by atoms with van der Waals surface area (Å²) >= 11 is 5.99. The van der Waals surface area contributed by atoms with E-state index >= 15 is 0 Å². The lowest BCUT2D eigenvalue weighted by Crippen LogP contribution is -2.51. The summed E-state index contributed by atoms with van der Waals surface area (Å²) in [6.45, 7) is 4.30. The topological polar surface area (TPSA) is 62.3 Å². The van der Waals surface area contributed by atoms with Crippen LogP contribution < -0.4 is 9.47 Å². The summed E-state index contributed by atoms with van der Waals surface area (Å²) in [7, 11) is 2.06. The number of rotatable bonds is 8. The molecule has 0 aliphatic carbocycles. The molecule has 2 saturated heterocycles. The van der Waals surface area contributed by atoms with E-state index in [1.54, 1.807) is 29.2 Å². The highest BCUT2D eigenvalue weighted by Crippen LogP contribution is 2.37. The lowest BCUT2D eigenvalue weighted by atomic mass is 9.75. The average Bonchev–Trinajstić information content (AvgIpc) is 2.88. The smallest absolute Gasteiger partial charge is 0.260 e. The molecule has 2 aromatic rings. The van der Waals surface area contributed by atoms with E-state index in [0.29, 0.717) is 49.7 Å². The van der Waals surface area contributed by atoms with Gasteiger partial charge in [-0.3, -0.25) is 9.59 Å². The molecule has 0 N–H and O–H groups in total. The van der Waals surface area contributed by atoms with Crippen molar-refractivity contribution in [2.45, 2.75) is 19.3 Å². The minimum Gasteiger partial charge on any atom is -0.493 e. The number of nitrogens with zero attached hydrogens (tertiary/aromatic N) is 3. The van der Waals surface area contributed by atoms with Crippen LogP contribution in [0.1, 0.15) is 19.3 Å². The fourth-order valence-corrected chi connectivity index (χ4v) is 4.78. The maximum atomic E-state index is 13.8. The summed E-state index contributed by atoms with van der Waals surface area (Å²) in [5.41, 5.74) is -0.386. The first-order chi connectivity index (χ1) is 17.3. The summed E-state index contributed by atoms with van der Waals surface area (Å²) in [6.07, 6.45) is 1.63. The number of piperazine rings is 1. The van der Waals surface area contributed by atoms with Crippen molar-refractivity contribution < 1.29 is 23.5 Å². The SMILES string of the molecule is CN1CCN(C(=O)CC2(COc3ccc(Cl)cc3)CCN(C(=O)COc3ccccc3F)CC2)CC1. The van der Waals surface area contributed by atoms with Crippen LogP contribution in [0.3, 0.4) is 0 Å². The second-order valence-corrected chi connectivity index (χ2v) is 10.1. The third kappa shape index (κ3) is 6.89. The van der Waals surface area contributed by atoms with Gasteiger partial charge in [0.25, 0.3) is 5.91 Å². The molecular weight excluding hydrogens is 485 g/mol. The van der Waals surface area contributed by atoms with Crippen LogP contribution in [0.4, 0.5) is 4.39 Å². The van der Waals surface area contributed by atoms with Gasteiger partial charge < -0.3 is 24.2 Å². The predicted molar refractivity (Wildman–Crippen MR) is 136 cm³/mol. The number of ether oxygens (including phenoxy) is 2. The van der Waals surface area contributed by atoms with Crippen LogP contribution in [-0.2, 0) is 9.59 Å². The molecule has 0 saturated carbocycles. The van der Waals surface area contributed by atoms with Crippen LogP contribution >= 0.6 is 11.6 Å². The molecule has 36 heavy (non-hydrogen) atoms. The zero-order valence-electron chi connectivity index (χ0n) is 20.6. The molecule has 9 heteroatoms. The maximum Gasteiger partial charge on any atom is 0.260 e. The normalized spacial score (nSPS) is 18.1. The van der Waals surface area contributed by atoms with E-state index in [1.807, 2.05) is 17.0 Å². The summed E-state index contributed by atoms with van der Waals surface area (Å²) in [4.78, 5) is 31.9. The van der Waals surface area contributed by atoms with Crippen LogP contribution in [0.5, 0.6) is 11.5 Å². The molecule has 0 atom stereocenters. The number of halogens is 2. The van der Waals surface area contributed by atoms with Crippen molar-refractivity contribution in [1.82, 2.24) is 14.7 Å². The molecule has 2 aromatic carbocycles. The maximum absolute atomic E-state index is 13.8. The Morgan fingerprint density at radius 1 is 0.889 bits per heavy atom. The van der Waals surface area contributed by atoms with Crippen LogP contribution in [0.25, 0.3) is 0 Å². The fourth-order valence-electron chi connectivity index (χ4n) is 4.65. The summed E-state index contributed by atoms with van der Waals surface area (Å²) < 4.78 is 25.3. The number of para-hydroxylation sites is 1. The number of carbonyl (C=O) groups is 2. The zero-order valence-corrected chi connectivity index (χ0v) is 21.4. The van der Waals surface area contributed by atoms with Gasteiger partial charge in [0.2, 0.25) is 5.91 Å². The van der Waals surface area contributed by atoms with Gasteiger partial charge in [0.15, 0.2) is 18.2 Å². The minimum atomic E-state index is -0.496. The number of carbonyl (C=O) groups excluding carboxylic acids is 2. The standard InChI is InChI=1S/C27H33ClFN3O4/c1-30-14-16-32(17-15-30)25(33)18-27(20-36-22-8-6-21(28)7-9-22)10-12-31(13-11-27)26(34)19-35-24-5-3-2-4-23(24)29/h2-9H,10-20H2,1H3. The average molecular weight is 518 g/mol. The highest BCUT2D eigenvalue weighted by Gasteiger charge is 2.40. The molecular formula is C27H33ClFN3O4. The number of benzene rings is 2. The van der Waals surface area contributed by atoms with Gasteiger partial charge in [-0.15, -0.1) is 0 Å². The molecule has 4 rings (SSSR count). The lowest BCUT2D eigenvalue weighted by Gasteiger charge is -2.42. The molecule has 2 aliphatic rings. The van der Waals surface area contributed by atoms with Gasteiger partial charge in [-0.25, -0.2) is 4.39 Å². The Morgan fingerprint density at radius 3 is 2.19 bits per heavy atom. The summed E-state index contributed by atoms with van der Waals surface area (Å²) in [5.74, 6) is 0.194. The molecule has 2 amide bonds. The Kier molecular flexibility index (Phi) is 8.69. The van der Waals surface area contributed by atoms with E-state index in [1.165, 1.54) is 12.1 Å². The number of hydrogen-bond donors (Lipinski definition) is 0. The van der Waals surface area contributed by atoms with Crippen LogP contribution in [0.2, 0.25) is 5.02 Å². The predicted octanol–water partition coefficient (Wildman–Crippen LogP) is 3.71. The van der Waals surface area contributed by atoms with Crippen molar-refractivity contribution in [2.24, 2.45) is 5.41 Å². The first-order valence-electron chi connectivity index (χ1n) is 12.3. The second kappa shape index (κ2) is 11.9. The Balaban J connectivity index is 1.37. The highest BCUT2D eigenvalue weighted by atomic mass is 35.5. The van der Waals surface area contributed by atoms with Gasteiger partial charge in [-0.05, 0) is 56.3 Å². The quantitative estimate of drug-likeness (QED) is 0.534. The molecule has 2 heterocycles. The highest BCUT2D eigenvalue weighted by molar-refractivity contribution is 6.30. The van der Waals surface area contributed by atoms with Crippen molar-refractivity contribution in [3.05, 3.63) is 59.4 Å². The number of amides is 2. The van der Waals surface area contributed by atoms with Crippen molar-refractivity contribution in [2.75, 3.05) is 59.5 Å². The van der Waals surface area contributed by atoms with E-state index < -0.39 is 5.82 Å². The van der Waals surface area contributed by atoms with E-state index in [9.17, 15) is 14.0 Å². The van der Waals surface area contributed by atoms with Gasteiger partial charge in [-0.2, -0.15) is 0 Å². The third-order valence-corrected chi connectivity index (χ3v) is 7.36. The molecule has 2 aliphatic heterocycles. The molecule has 0 spiro atoms. The third-order valence-electron chi connectivity index (χ3n) is 7.11. The Morgan fingerprint density at radius 2 is 1.53 bits per heavy atom. The van der Waals surface area contributed by atoms with E-state index in [-0.39, 0.29) is 29.6 Å². The van der Waals surface area contributed by atoms with Crippen molar-refractivity contribution in [3.63, 3.8) is 0 Å². The number of hydrogen-bond acceptors (Lipinski definition) is 5. The van der Waals surface area contributed by atoms with Crippen molar-refractivity contribution in [3.8, 4) is 11.5 Å². The molecule has 194 valence electrons. The molecule has 0 unspecified atom stereocenters. The second-order valence-electron chi connectivity index (χ2n) is 9.70. The van der Waals surface area contributed by atoms with Crippen LogP contribution in [0, 0.1) is 11.2 Å². The lowest BCUT2D eigenvalue weighted by molar-refractivity contribution is -0.140. The van der Waals surface area contributed by atoms with Gasteiger partial charge in [0, 0.05) is 56.1 Å². The van der Waals surface area contributed by atoms with Crippen molar-refractivity contribution in [1.29, 1.82) is 0 Å². The van der Waals surface area contributed by atoms with Gasteiger partial charge in [-0.1, -0.05) is 23.7 Å². The van der Waals surface area contributed by atoms with Crippen LogP contribution in [0.15, 0.2) is 48.5 Å². The first kappa shape index (κ1) is 26.2. The van der Waals surface area contributed by atoms with E-state index in [4.69, 9.17) is 21.1 Å². The minimum absolute atomic E-state index is 0.0614. The fraction of sp³-hybridized carbons (Fsp3) is 0.481. The molecule has 7 nitrogen and oxygen atoms in total. The van der Waals surface area contributed by atoms with E-state index in [0.717, 1.165) is 26.2 Å². The molecule has 0 radical (unpaired) electrons. The van der Waals surface area contributed by atoms with Crippen LogP contribution in [-0.4, -0.2) is 86.0 Å². The van der Waals surface area contributed by atoms with Gasteiger partial charge in [0.1, 0.15) is 5.75 Å². The molecule has 0 aromatic heterocycles. The number of likely N-dealkylation sites (N-methyl/N-ethyl adjacent to an activating group) is 1. The zero-order chi connectivity index (χ0) is 25.5. The summed E-state index contributed by atoms with van der Waals surface area (Å²) in [6, 6.07) is 13.2. The molecule has 0 bridgehead atoms. The van der Waals surface area contributed by atoms with Gasteiger partial charge >= 0.3 is 0 Å². The van der Waals surface area contributed by atoms with Crippen molar-refractivity contribution >= 4 is 23.4 Å². The first-order valence-corrected chi connectivity index (χ1v) is 12.7. The van der Waals surface area contributed by atoms with E-state index in [2.05, 4.69) is 11.9 Å². The Labute approximate surface area is 216 Å².